The van der Waals surface area contributed by atoms with Crippen molar-refractivity contribution in [2.75, 3.05) is 0 Å². The molecule has 2 N–H and O–H groups in total. The third-order valence-corrected chi connectivity index (χ3v) is 7.65. The molecule has 2 aromatic rings. The Labute approximate surface area is 173 Å². The van der Waals surface area contributed by atoms with Crippen LogP contribution in [0.3, 0.4) is 0 Å². The second-order valence-electron chi connectivity index (χ2n) is 6.91. The highest BCUT2D eigenvalue weighted by Crippen LogP contribution is 2.24. The van der Waals surface area contributed by atoms with Gasteiger partial charge in [-0.1, -0.05) is 13.8 Å². The molecule has 0 fully saturated rings. The molecule has 29 heavy (non-hydrogen) atoms. The van der Waals surface area contributed by atoms with E-state index in [4.69, 9.17) is 4.74 Å². The normalized spacial score (nSPS) is 14.3. The molecule has 0 aliphatic rings. The van der Waals surface area contributed by atoms with Crippen molar-refractivity contribution >= 4 is 20.0 Å². The van der Waals surface area contributed by atoms with Gasteiger partial charge in [-0.3, -0.25) is 0 Å². The van der Waals surface area contributed by atoms with Crippen LogP contribution in [-0.2, 0) is 20.0 Å². The smallest absolute Gasteiger partial charge is 0.240 e. The maximum Gasteiger partial charge on any atom is 0.240 e. The molecule has 2 rings (SSSR count). The first-order chi connectivity index (χ1) is 13.6. The van der Waals surface area contributed by atoms with Gasteiger partial charge in [0.25, 0.3) is 0 Å². The molecular weight excluding hydrogens is 412 g/mol. The third kappa shape index (κ3) is 6.53. The summed E-state index contributed by atoms with van der Waals surface area (Å²) in [6.45, 7) is 7.41. The van der Waals surface area contributed by atoms with Crippen molar-refractivity contribution in [2.24, 2.45) is 0 Å². The summed E-state index contributed by atoms with van der Waals surface area (Å²) in [5.74, 6) is 0.890. The van der Waals surface area contributed by atoms with E-state index in [1.807, 2.05) is 13.8 Å². The number of ether oxygens (including phenoxy) is 1. The lowest BCUT2D eigenvalue weighted by Crippen LogP contribution is -2.31. The fourth-order valence-corrected chi connectivity index (χ4v) is 5.00. The number of sulfonamides is 2. The van der Waals surface area contributed by atoms with Crippen LogP contribution < -0.4 is 14.2 Å². The topological polar surface area (TPSA) is 102 Å². The van der Waals surface area contributed by atoms with Crippen molar-refractivity contribution in [3.8, 4) is 11.5 Å². The summed E-state index contributed by atoms with van der Waals surface area (Å²) < 4.78 is 60.0. The average Bonchev–Trinajstić information content (AvgIpc) is 2.68. The Kier molecular flexibility index (Phi) is 7.81. The quantitative estimate of drug-likeness (QED) is 0.587. The van der Waals surface area contributed by atoms with Crippen LogP contribution in [0.4, 0.5) is 0 Å². The van der Waals surface area contributed by atoms with Gasteiger partial charge in [-0.25, -0.2) is 26.3 Å². The zero-order valence-corrected chi connectivity index (χ0v) is 18.7. The van der Waals surface area contributed by atoms with E-state index in [2.05, 4.69) is 9.44 Å². The first-order valence-electron chi connectivity index (χ1n) is 9.50. The lowest BCUT2D eigenvalue weighted by atomic mass is 10.3. The van der Waals surface area contributed by atoms with Crippen LogP contribution in [0.2, 0.25) is 0 Å². The SMILES string of the molecule is CC[C@@H](C)NS(=O)(=O)c1ccc(Oc2ccc(S(=O)(=O)N[C@H](C)CC)cc2)cc1. The van der Waals surface area contributed by atoms with E-state index in [1.165, 1.54) is 24.3 Å². The van der Waals surface area contributed by atoms with E-state index in [1.54, 1.807) is 38.1 Å². The molecule has 0 amide bonds. The van der Waals surface area contributed by atoms with Crippen molar-refractivity contribution in [1.82, 2.24) is 9.44 Å². The summed E-state index contributed by atoms with van der Waals surface area (Å²) >= 11 is 0. The second-order valence-corrected chi connectivity index (χ2v) is 10.3. The fourth-order valence-electron chi connectivity index (χ4n) is 2.34. The van der Waals surface area contributed by atoms with Gasteiger partial charge in [0.2, 0.25) is 20.0 Å². The van der Waals surface area contributed by atoms with Gasteiger partial charge in [0, 0.05) is 12.1 Å². The van der Waals surface area contributed by atoms with Crippen LogP contribution in [0.25, 0.3) is 0 Å². The molecule has 9 heteroatoms. The van der Waals surface area contributed by atoms with Gasteiger partial charge in [0.1, 0.15) is 11.5 Å². The number of hydrogen-bond acceptors (Lipinski definition) is 5. The molecule has 0 heterocycles. The predicted octanol–water partition coefficient (Wildman–Crippen LogP) is 3.63. The average molecular weight is 441 g/mol. The van der Waals surface area contributed by atoms with Gasteiger partial charge in [0.15, 0.2) is 0 Å². The molecule has 0 saturated heterocycles. The molecule has 0 spiro atoms. The summed E-state index contributed by atoms with van der Waals surface area (Å²) in [6, 6.07) is 11.8. The van der Waals surface area contributed by atoms with Crippen LogP contribution in [0.15, 0.2) is 58.3 Å². The molecule has 0 unspecified atom stereocenters. The molecule has 0 aliphatic carbocycles. The van der Waals surface area contributed by atoms with Crippen molar-refractivity contribution in [2.45, 2.75) is 62.4 Å². The van der Waals surface area contributed by atoms with E-state index in [0.29, 0.717) is 24.3 Å². The number of hydrogen-bond donors (Lipinski definition) is 2. The van der Waals surface area contributed by atoms with E-state index in [-0.39, 0.29) is 21.9 Å². The van der Waals surface area contributed by atoms with E-state index >= 15 is 0 Å². The fraction of sp³-hybridized carbons (Fsp3) is 0.400. The van der Waals surface area contributed by atoms with E-state index in [0.717, 1.165) is 0 Å². The van der Waals surface area contributed by atoms with E-state index in [9.17, 15) is 16.8 Å². The molecule has 0 aromatic heterocycles. The molecule has 0 bridgehead atoms. The van der Waals surface area contributed by atoms with Gasteiger partial charge in [-0.05, 0) is 75.2 Å². The van der Waals surface area contributed by atoms with Gasteiger partial charge in [0.05, 0.1) is 9.79 Å². The van der Waals surface area contributed by atoms with Crippen molar-refractivity contribution in [3.05, 3.63) is 48.5 Å². The number of nitrogens with one attached hydrogen (secondary N) is 2. The van der Waals surface area contributed by atoms with Gasteiger partial charge < -0.3 is 4.74 Å². The molecule has 2 aromatic carbocycles. The summed E-state index contributed by atoms with van der Waals surface area (Å²) in [7, 11) is -7.15. The Morgan fingerprint density at radius 3 is 1.28 bits per heavy atom. The van der Waals surface area contributed by atoms with Crippen LogP contribution in [0.5, 0.6) is 11.5 Å². The highest BCUT2D eigenvalue weighted by atomic mass is 32.2. The maximum atomic E-state index is 12.3. The van der Waals surface area contributed by atoms with Crippen LogP contribution >= 0.6 is 0 Å². The maximum absolute atomic E-state index is 12.3. The van der Waals surface area contributed by atoms with Crippen LogP contribution in [0.1, 0.15) is 40.5 Å². The first-order valence-corrected chi connectivity index (χ1v) is 12.5. The summed E-state index contributed by atoms with van der Waals surface area (Å²) in [4.78, 5) is 0.311. The van der Waals surface area contributed by atoms with Gasteiger partial charge >= 0.3 is 0 Å². The first kappa shape index (κ1) is 23.3. The predicted molar refractivity (Wildman–Crippen MR) is 113 cm³/mol. The molecule has 0 saturated carbocycles. The second kappa shape index (κ2) is 9.71. The lowest BCUT2D eigenvalue weighted by Gasteiger charge is -2.13. The standard InChI is InChI=1S/C20H28N2O5S2/c1-5-15(3)21-28(23,24)19-11-7-17(8-12-19)27-18-9-13-20(14-10-18)29(25,26)22-16(4)6-2/h7-16,21-22H,5-6H2,1-4H3/t15-,16-/m1/s1. The zero-order chi connectivity index (χ0) is 21.7. The molecule has 0 aliphatic heterocycles. The summed E-state index contributed by atoms with van der Waals surface area (Å²) in [5, 5.41) is 0. The molecule has 7 nitrogen and oxygen atoms in total. The van der Waals surface area contributed by atoms with Gasteiger partial charge in [-0.2, -0.15) is 0 Å². The van der Waals surface area contributed by atoms with E-state index < -0.39 is 20.0 Å². The lowest BCUT2D eigenvalue weighted by molar-refractivity contribution is 0.481. The molecular formula is C20H28N2O5S2. The Hall–Kier alpha value is -1.94. The molecule has 2 atom stereocenters. The monoisotopic (exact) mass is 440 g/mol. The highest BCUT2D eigenvalue weighted by Gasteiger charge is 2.18. The minimum absolute atomic E-state index is 0.152. The Balaban J connectivity index is 2.09. The van der Waals surface area contributed by atoms with Crippen molar-refractivity contribution in [3.63, 3.8) is 0 Å². The zero-order valence-electron chi connectivity index (χ0n) is 17.0. The summed E-state index contributed by atoms with van der Waals surface area (Å²) in [5.41, 5.74) is 0. The minimum atomic E-state index is -3.57. The Bertz CT molecular complexity index is 918. The molecule has 160 valence electrons. The largest absolute Gasteiger partial charge is 0.457 e. The minimum Gasteiger partial charge on any atom is -0.457 e. The van der Waals surface area contributed by atoms with Crippen LogP contribution in [-0.4, -0.2) is 28.9 Å². The third-order valence-electron chi connectivity index (χ3n) is 4.44. The van der Waals surface area contributed by atoms with Crippen LogP contribution in [0, 0.1) is 0 Å². The van der Waals surface area contributed by atoms with Gasteiger partial charge in [-0.15, -0.1) is 0 Å². The molecule has 0 radical (unpaired) electrons. The Morgan fingerprint density at radius 2 is 1.00 bits per heavy atom. The highest BCUT2D eigenvalue weighted by molar-refractivity contribution is 7.89. The van der Waals surface area contributed by atoms with Crippen molar-refractivity contribution in [1.29, 1.82) is 0 Å². The van der Waals surface area contributed by atoms with Crippen molar-refractivity contribution < 1.29 is 21.6 Å². The number of benzene rings is 2. The summed E-state index contributed by atoms with van der Waals surface area (Å²) in [6.07, 6.45) is 1.39. The number of rotatable bonds is 10. The Morgan fingerprint density at radius 1 is 0.690 bits per heavy atom.